The van der Waals surface area contributed by atoms with Crippen LogP contribution in [0.3, 0.4) is 0 Å². The van der Waals surface area contributed by atoms with Gasteiger partial charge in [-0.2, -0.15) is 0 Å². The Hall–Kier alpha value is -1.72. The van der Waals surface area contributed by atoms with Gasteiger partial charge in [0.25, 0.3) is 0 Å². The van der Waals surface area contributed by atoms with E-state index in [2.05, 4.69) is 17.0 Å². The lowest BCUT2D eigenvalue weighted by Crippen LogP contribution is -2.40. The van der Waals surface area contributed by atoms with E-state index in [4.69, 9.17) is 4.74 Å². The van der Waals surface area contributed by atoms with Crippen LogP contribution in [0.1, 0.15) is 18.4 Å². The highest BCUT2D eigenvalue weighted by Crippen LogP contribution is 2.34. The van der Waals surface area contributed by atoms with Gasteiger partial charge in [0.15, 0.2) is 0 Å². The van der Waals surface area contributed by atoms with Gasteiger partial charge in [-0.15, -0.1) is 0 Å². The van der Waals surface area contributed by atoms with E-state index in [-0.39, 0.29) is 29.8 Å². The first-order valence-electron chi connectivity index (χ1n) is 8.45. The molecule has 0 radical (unpaired) electrons. The molecule has 3 atom stereocenters. The fourth-order valence-electron chi connectivity index (χ4n) is 4.04. The summed E-state index contributed by atoms with van der Waals surface area (Å²) in [5.74, 6) is -0.308. The Morgan fingerprint density at radius 2 is 1.74 bits per heavy atom. The number of hydrogen-bond acceptors (Lipinski definition) is 4. The van der Waals surface area contributed by atoms with Crippen LogP contribution >= 0.6 is 0 Å². The molecule has 3 fully saturated rings. The fourth-order valence-corrected chi connectivity index (χ4v) is 4.04. The van der Waals surface area contributed by atoms with Gasteiger partial charge in [-0.3, -0.25) is 19.4 Å². The molecule has 4 rings (SSSR count). The van der Waals surface area contributed by atoms with Gasteiger partial charge in [0, 0.05) is 26.2 Å². The van der Waals surface area contributed by atoms with Gasteiger partial charge in [-0.05, 0) is 18.4 Å². The highest BCUT2D eigenvalue weighted by Gasteiger charge is 2.52. The summed E-state index contributed by atoms with van der Waals surface area (Å²) >= 11 is 0. The summed E-state index contributed by atoms with van der Waals surface area (Å²) in [5, 5.41) is 0. The molecule has 1 aromatic rings. The molecular weight excluding hydrogens is 292 g/mol. The lowest BCUT2D eigenvalue weighted by molar-refractivity contribution is -0.142. The molecule has 3 saturated heterocycles. The summed E-state index contributed by atoms with van der Waals surface area (Å²) in [7, 11) is 0. The molecule has 0 spiro atoms. The van der Waals surface area contributed by atoms with Gasteiger partial charge in [-0.25, -0.2) is 0 Å². The molecule has 122 valence electrons. The Kier molecular flexibility index (Phi) is 3.91. The number of rotatable bonds is 4. The van der Waals surface area contributed by atoms with Crippen molar-refractivity contribution in [2.24, 2.45) is 11.8 Å². The van der Waals surface area contributed by atoms with Crippen molar-refractivity contribution in [2.75, 3.05) is 26.2 Å². The summed E-state index contributed by atoms with van der Waals surface area (Å²) in [5.41, 5.74) is 1.23. The van der Waals surface area contributed by atoms with Crippen LogP contribution in [0.2, 0.25) is 0 Å². The Balaban J connectivity index is 1.40. The van der Waals surface area contributed by atoms with Crippen molar-refractivity contribution in [2.45, 2.75) is 25.5 Å². The summed E-state index contributed by atoms with van der Waals surface area (Å²) in [6.07, 6.45) is 2.02. The van der Waals surface area contributed by atoms with Crippen molar-refractivity contribution in [1.82, 2.24) is 9.80 Å². The van der Waals surface area contributed by atoms with E-state index in [1.807, 2.05) is 18.2 Å². The third kappa shape index (κ3) is 2.79. The van der Waals surface area contributed by atoms with E-state index >= 15 is 0 Å². The first-order chi connectivity index (χ1) is 11.2. The molecule has 3 aliphatic rings. The number of carbonyl (C=O) groups is 2. The minimum atomic E-state index is -0.160. The Bertz CT molecular complexity index is 574. The molecule has 5 nitrogen and oxygen atoms in total. The van der Waals surface area contributed by atoms with E-state index in [1.165, 1.54) is 10.5 Å². The Labute approximate surface area is 136 Å². The molecule has 0 aliphatic carbocycles. The Morgan fingerprint density at radius 3 is 2.35 bits per heavy atom. The number of benzene rings is 1. The summed E-state index contributed by atoms with van der Waals surface area (Å²) in [6, 6.07) is 10.2. The summed E-state index contributed by atoms with van der Waals surface area (Å²) < 4.78 is 5.58. The number of imide groups is 1. The molecule has 0 N–H and O–H groups in total. The molecule has 0 bridgehead atoms. The van der Waals surface area contributed by atoms with E-state index in [9.17, 15) is 9.59 Å². The highest BCUT2D eigenvalue weighted by atomic mass is 16.5. The highest BCUT2D eigenvalue weighted by molar-refractivity contribution is 6.05. The van der Waals surface area contributed by atoms with Crippen LogP contribution < -0.4 is 0 Å². The second-order valence-corrected chi connectivity index (χ2v) is 6.81. The average molecular weight is 314 g/mol. The van der Waals surface area contributed by atoms with Gasteiger partial charge in [0.1, 0.15) is 0 Å². The molecule has 3 aliphatic heterocycles. The monoisotopic (exact) mass is 314 g/mol. The fraction of sp³-hybridized carbons (Fsp3) is 0.556. The lowest BCUT2D eigenvalue weighted by Gasteiger charge is -2.22. The smallest absolute Gasteiger partial charge is 0.234 e. The second-order valence-electron chi connectivity index (χ2n) is 6.81. The summed E-state index contributed by atoms with van der Waals surface area (Å²) in [4.78, 5) is 28.9. The Morgan fingerprint density at radius 1 is 1.04 bits per heavy atom. The zero-order chi connectivity index (χ0) is 15.8. The lowest BCUT2D eigenvalue weighted by atomic mass is 10.00. The maximum absolute atomic E-state index is 12.6. The topological polar surface area (TPSA) is 49.9 Å². The van der Waals surface area contributed by atoms with Crippen molar-refractivity contribution >= 4 is 11.8 Å². The van der Waals surface area contributed by atoms with Crippen molar-refractivity contribution in [1.29, 1.82) is 0 Å². The first kappa shape index (κ1) is 14.8. The maximum atomic E-state index is 12.6. The molecule has 23 heavy (non-hydrogen) atoms. The molecule has 5 heteroatoms. The predicted octanol–water partition coefficient (Wildman–Crippen LogP) is 1.28. The standard InChI is InChI=1S/C18H22N2O3/c21-17-15-11-19(9-13-5-2-1-3-6-13)12-16(15)18(22)20(17)10-14-7-4-8-23-14/h1-3,5-6,14-16H,4,7-12H2/t14-,15-,16+/m1/s1. The molecule has 2 amide bonds. The summed E-state index contributed by atoms with van der Waals surface area (Å²) in [6.45, 7) is 3.38. The van der Waals surface area contributed by atoms with Crippen LogP contribution in [0.5, 0.6) is 0 Å². The molecule has 0 aromatic heterocycles. The zero-order valence-electron chi connectivity index (χ0n) is 13.2. The van der Waals surface area contributed by atoms with Crippen molar-refractivity contribution < 1.29 is 14.3 Å². The van der Waals surface area contributed by atoms with Crippen molar-refractivity contribution in [3.63, 3.8) is 0 Å². The number of hydrogen-bond donors (Lipinski definition) is 0. The van der Waals surface area contributed by atoms with Crippen LogP contribution in [0.15, 0.2) is 30.3 Å². The van der Waals surface area contributed by atoms with Crippen LogP contribution in [-0.2, 0) is 20.9 Å². The molecule has 0 unspecified atom stereocenters. The number of nitrogens with zero attached hydrogens (tertiary/aromatic N) is 2. The minimum Gasteiger partial charge on any atom is -0.376 e. The van der Waals surface area contributed by atoms with Crippen LogP contribution in [0.4, 0.5) is 0 Å². The number of carbonyl (C=O) groups excluding carboxylic acids is 2. The third-order valence-corrected chi connectivity index (χ3v) is 5.22. The first-order valence-corrected chi connectivity index (χ1v) is 8.45. The van der Waals surface area contributed by atoms with Crippen LogP contribution in [-0.4, -0.2) is 54.0 Å². The number of ether oxygens (including phenoxy) is 1. The van der Waals surface area contributed by atoms with E-state index in [1.54, 1.807) is 0 Å². The largest absolute Gasteiger partial charge is 0.376 e. The van der Waals surface area contributed by atoms with Gasteiger partial charge in [-0.1, -0.05) is 30.3 Å². The molecule has 1 aromatic carbocycles. The SMILES string of the molecule is O=C1[C@H]2CN(Cc3ccccc3)C[C@H]2C(=O)N1C[C@H]1CCCO1. The molecule has 0 saturated carbocycles. The van der Waals surface area contributed by atoms with Gasteiger partial charge < -0.3 is 4.74 Å². The van der Waals surface area contributed by atoms with Crippen molar-refractivity contribution in [3.05, 3.63) is 35.9 Å². The maximum Gasteiger partial charge on any atom is 0.234 e. The van der Waals surface area contributed by atoms with E-state index < -0.39 is 0 Å². The average Bonchev–Trinajstić information content (AvgIpc) is 3.25. The van der Waals surface area contributed by atoms with E-state index in [0.29, 0.717) is 19.6 Å². The molecule has 3 heterocycles. The normalized spacial score (nSPS) is 31.1. The predicted molar refractivity (Wildman–Crippen MR) is 84.4 cm³/mol. The van der Waals surface area contributed by atoms with Gasteiger partial charge >= 0.3 is 0 Å². The van der Waals surface area contributed by atoms with Crippen molar-refractivity contribution in [3.8, 4) is 0 Å². The van der Waals surface area contributed by atoms with Gasteiger partial charge in [0.05, 0.1) is 24.5 Å². The van der Waals surface area contributed by atoms with Gasteiger partial charge in [0.2, 0.25) is 11.8 Å². The number of fused-ring (bicyclic) bond motifs is 1. The third-order valence-electron chi connectivity index (χ3n) is 5.22. The second kappa shape index (κ2) is 6.06. The van der Waals surface area contributed by atoms with Crippen LogP contribution in [0.25, 0.3) is 0 Å². The number of likely N-dealkylation sites (tertiary alicyclic amines) is 2. The van der Waals surface area contributed by atoms with Crippen LogP contribution in [0, 0.1) is 11.8 Å². The minimum absolute atomic E-state index is 0.00561. The number of amides is 2. The molecular formula is C18H22N2O3. The quantitative estimate of drug-likeness (QED) is 0.786. The van der Waals surface area contributed by atoms with E-state index in [0.717, 1.165) is 26.0 Å². The zero-order valence-corrected chi connectivity index (χ0v) is 13.2.